The lowest BCUT2D eigenvalue weighted by molar-refractivity contribution is 0.392. The minimum Gasteiger partial charge on any atom is -0.479 e. The summed E-state index contributed by atoms with van der Waals surface area (Å²) in [6.07, 6.45) is 1.36. The summed E-state index contributed by atoms with van der Waals surface area (Å²) in [7, 11) is 2.28. The zero-order valence-corrected chi connectivity index (χ0v) is 10.4. The third-order valence-electron chi connectivity index (χ3n) is 1.91. The maximum Gasteiger partial charge on any atom is 0.278 e. The second kappa shape index (κ2) is 4.62. The Kier molecular flexibility index (Phi) is 3.66. The van der Waals surface area contributed by atoms with Crippen molar-refractivity contribution in [3.63, 3.8) is 0 Å². The van der Waals surface area contributed by atoms with Crippen molar-refractivity contribution in [2.24, 2.45) is 0 Å². The molecule has 0 aromatic carbocycles. The zero-order valence-electron chi connectivity index (χ0n) is 9.55. The first-order valence-electron chi connectivity index (χ1n) is 4.44. The van der Waals surface area contributed by atoms with E-state index in [-0.39, 0.29) is 11.0 Å². The number of anilines is 1. The molecule has 0 aliphatic rings. The molecule has 0 bridgehead atoms. The smallest absolute Gasteiger partial charge is 0.278 e. The summed E-state index contributed by atoms with van der Waals surface area (Å²) in [5.41, 5.74) is 0.528. The average Bonchev–Trinajstić information content (AvgIpc) is 2.27. The van der Waals surface area contributed by atoms with Gasteiger partial charge in [-0.25, -0.2) is 17.7 Å². The molecule has 0 radical (unpaired) electrons. The molecule has 1 N–H and O–H groups in total. The predicted octanol–water partition coefficient (Wildman–Crippen LogP) is -0.223. The third-order valence-corrected chi connectivity index (χ3v) is 3.53. The molecule has 0 spiro atoms. The van der Waals surface area contributed by atoms with E-state index in [4.69, 9.17) is 4.74 Å². The lowest BCUT2D eigenvalue weighted by Crippen LogP contribution is -2.24. The number of nitrogens with zero attached hydrogens (tertiary/aromatic N) is 3. The normalized spacial score (nSPS) is 11.6. The fourth-order valence-electron chi connectivity index (χ4n) is 0.966. The molecule has 0 atom stereocenters. The van der Waals surface area contributed by atoms with E-state index in [1.807, 2.05) is 0 Å². The molecule has 16 heavy (non-hydrogen) atoms. The van der Waals surface area contributed by atoms with Crippen LogP contribution in [0.1, 0.15) is 0 Å². The highest BCUT2D eigenvalue weighted by Gasteiger charge is 2.22. The number of nitrogens with one attached hydrogen (secondary N) is 1. The van der Waals surface area contributed by atoms with Crippen LogP contribution in [0.3, 0.4) is 0 Å². The Bertz CT molecular complexity index is 472. The van der Waals surface area contributed by atoms with Crippen LogP contribution in [-0.2, 0) is 10.0 Å². The summed E-state index contributed by atoms with van der Waals surface area (Å²) >= 11 is 0. The van der Waals surface area contributed by atoms with Crippen LogP contribution in [0.2, 0.25) is 0 Å². The number of hydrogen-bond acceptors (Lipinski definition) is 6. The van der Waals surface area contributed by atoms with Gasteiger partial charge in [0.2, 0.25) is 5.88 Å². The van der Waals surface area contributed by atoms with Gasteiger partial charge in [-0.15, -0.1) is 0 Å². The summed E-state index contributed by atoms with van der Waals surface area (Å²) in [6, 6.07) is 0. The molecule has 1 heterocycles. The second-order valence-electron chi connectivity index (χ2n) is 3.11. The standard InChI is InChI=1S/C8H14N4O3S/c1-9-6-5-10-8(11-7(6)15-4)16(13,14)12(2)3/h5,9H,1-4H3. The highest BCUT2D eigenvalue weighted by molar-refractivity contribution is 7.88. The molecule has 0 saturated heterocycles. The first kappa shape index (κ1) is 12.7. The van der Waals surface area contributed by atoms with E-state index < -0.39 is 10.0 Å². The van der Waals surface area contributed by atoms with Crippen molar-refractivity contribution in [1.29, 1.82) is 0 Å². The lowest BCUT2D eigenvalue weighted by atomic mass is 10.5. The van der Waals surface area contributed by atoms with Crippen LogP contribution in [0.4, 0.5) is 5.69 Å². The first-order chi connectivity index (χ1) is 7.43. The van der Waals surface area contributed by atoms with Crippen LogP contribution in [0.15, 0.2) is 11.4 Å². The number of methoxy groups -OCH3 is 1. The molecule has 90 valence electrons. The van der Waals surface area contributed by atoms with Gasteiger partial charge in [0.25, 0.3) is 15.2 Å². The summed E-state index contributed by atoms with van der Waals surface area (Å²) in [6.45, 7) is 0. The van der Waals surface area contributed by atoms with E-state index in [1.54, 1.807) is 7.05 Å². The third kappa shape index (κ3) is 2.22. The largest absolute Gasteiger partial charge is 0.479 e. The van der Waals surface area contributed by atoms with Crippen LogP contribution < -0.4 is 10.1 Å². The van der Waals surface area contributed by atoms with Crippen LogP contribution in [-0.4, -0.2) is 50.9 Å². The molecule has 0 unspecified atom stereocenters. The van der Waals surface area contributed by atoms with Crippen LogP contribution in [0.5, 0.6) is 5.88 Å². The molecule has 1 aromatic rings. The highest BCUT2D eigenvalue weighted by atomic mass is 32.2. The van der Waals surface area contributed by atoms with Gasteiger partial charge >= 0.3 is 0 Å². The molecular formula is C8H14N4O3S. The van der Waals surface area contributed by atoms with E-state index in [9.17, 15) is 8.42 Å². The zero-order chi connectivity index (χ0) is 12.3. The van der Waals surface area contributed by atoms with Gasteiger partial charge in [-0.05, 0) is 0 Å². The maximum atomic E-state index is 11.7. The Morgan fingerprint density at radius 1 is 1.44 bits per heavy atom. The van der Waals surface area contributed by atoms with Crippen molar-refractivity contribution in [3.05, 3.63) is 6.20 Å². The maximum absolute atomic E-state index is 11.7. The molecular weight excluding hydrogens is 232 g/mol. The van der Waals surface area contributed by atoms with E-state index in [2.05, 4.69) is 15.3 Å². The Hall–Kier alpha value is -1.41. The van der Waals surface area contributed by atoms with Gasteiger partial charge in [-0.2, -0.15) is 4.98 Å². The SMILES string of the molecule is CNc1cnc(S(=O)(=O)N(C)C)nc1OC. The second-order valence-corrected chi connectivity index (χ2v) is 5.16. The van der Waals surface area contributed by atoms with Crippen molar-refractivity contribution in [2.75, 3.05) is 33.6 Å². The number of ether oxygens (including phenoxy) is 1. The molecule has 0 fully saturated rings. The van der Waals surface area contributed by atoms with Gasteiger partial charge in [-0.1, -0.05) is 0 Å². The van der Waals surface area contributed by atoms with Crippen LogP contribution >= 0.6 is 0 Å². The number of sulfonamides is 1. The first-order valence-corrected chi connectivity index (χ1v) is 5.88. The predicted molar refractivity (Wildman–Crippen MR) is 59.0 cm³/mol. The Balaban J connectivity index is 3.29. The Labute approximate surface area is 94.5 Å². The van der Waals surface area contributed by atoms with E-state index in [0.717, 1.165) is 4.31 Å². The average molecular weight is 246 g/mol. The molecule has 7 nitrogen and oxygen atoms in total. The molecule has 8 heteroatoms. The summed E-state index contributed by atoms with van der Waals surface area (Å²) in [4.78, 5) is 7.60. The molecule has 0 aliphatic carbocycles. The molecule has 1 rings (SSSR count). The highest BCUT2D eigenvalue weighted by Crippen LogP contribution is 2.21. The molecule has 1 aromatic heterocycles. The van der Waals surface area contributed by atoms with Gasteiger partial charge in [0.15, 0.2) is 0 Å². The molecule has 0 saturated carbocycles. The van der Waals surface area contributed by atoms with Crippen LogP contribution in [0.25, 0.3) is 0 Å². The molecule has 0 aliphatic heterocycles. The van der Waals surface area contributed by atoms with Crippen molar-refractivity contribution in [1.82, 2.24) is 14.3 Å². The van der Waals surface area contributed by atoms with Crippen molar-refractivity contribution in [2.45, 2.75) is 5.16 Å². The fraction of sp³-hybridized carbons (Fsp3) is 0.500. The van der Waals surface area contributed by atoms with Crippen LogP contribution in [0, 0.1) is 0 Å². The van der Waals surface area contributed by atoms with Gasteiger partial charge in [0.1, 0.15) is 5.69 Å². The Morgan fingerprint density at radius 3 is 2.50 bits per heavy atom. The molecule has 0 amide bonds. The van der Waals surface area contributed by atoms with Crippen molar-refractivity contribution >= 4 is 15.7 Å². The topological polar surface area (TPSA) is 84.4 Å². The van der Waals surface area contributed by atoms with Crippen molar-refractivity contribution in [3.8, 4) is 5.88 Å². The van der Waals surface area contributed by atoms with E-state index in [1.165, 1.54) is 27.4 Å². The van der Waals surface area contributed by atoms with Gasteiger partial charge in [0.05, 0.1) is 13.3 Å². The summed E-state index contributed by atoms with van der Waals surface area (Å²) in [5, 5.41) is 2.51. The fourth-order valence-corrected chi connectivity index (χ4v) is 1.68. The van der Waals surface area contributed by atoms with E-state index in [0.29, 0.717) is 5.69 Å². The lowest BCUT2D eigenvalue weighted by Gasteiger charge is -2.11. The number of hydrogen-bond donors (Lipinski definition) is 1. The summed E-state index contributed by atoms with van der Waals surface area (Å²) in [5.74, 6) is 0.193. The number of aromatic nitrogens is 2. The van der Waals surface area contributed by atoms with Gasteiger partial charge in [0, 0.05) is 21.1 Å². The van der Waals surface area contributed by atoms with Crippen molar-refractivity contribution < 1.29 is 13.2 Å². The van der Waals surface area contributed by atoms with E-state index >= 15 is 0 Å². The number of rotatable bonds is 4. The summed E-state index contributed by atoms with van der Waals surface area (Å²) < 4.78 is 29.4. The Morgan fingerprint density at radius 2 is 2.06 bits per heavy atom. The minimum atomic E-state index is -3.63. The minimum absolute atomic E-state index is 0.193. The monoisotopic (exact) mass is 246 g/mol. The van der Waals surface area contributed by atoms with Gasteiger partial charge in [-0.3, -0.25) is 0 Å². The quantitative estimate of drug-likeness (QED) is 0.739. The van der Waals surface area contributed by atoms with Gasteiger partial charge < -0.3 is 10.1 Å².